The van der Waals surface area contributed by atoms with Crippen LogP contribution in [0.2, 0.25) is 0 Å². The summed E-state index contributed by atoms with van der Waals surface area (Å²) < 4.78 is 53.5. The van der Waals surface area contributed by atoms with Crippen molar-refractivity contribution < 1.29 is 36.8 Å². The van der Waals surface area contributed by atoms with E-state index in [0.29, 0.717) is 44.8 Å². The van der Waals surface area contributed by atoms with Gasteiger partial charge in [-0.25, -0.2) is 0 Å². The lowest BCUT2D eigenvalue weighted by atomic mass is 10.00. The van der Waals surface area contributed by atoms with E-state index >= 15 is 0 Å². The van der Waals surface area contributed by atoms with Gasteiger partial charge in [0.2, 0.25) is 11.7 Å². The molecule has 12 heteroatoms. The zero-order valence-corrected chi connectivity index (χ0v) is 17.4. The highest BCUT2D eigenvalue weighted by atomic mass is 19.4. The fourth-order valence-corrected chi connectivity index (χ4v) is 4.43. The molecular weight excluding hydrogens is 445 g/mol. The van der Waals surface area contributed by atoms with Crippen molar-refractivity contribution in [2.24, 2.45) is 5.92 Å². The number of carbonyl (C=O) groups is 2. The van der Waals surface area contributed by atoms with Gasteiger partial charge in [-0.05, 0) is 24.5 Å². The Balaban J connectivity index is 1.34. The summed E-state index contributed by atoms with van der Waals surface area (Å²) in [7, 11) is 0. The van der Waals surface area contributed by atoms with E-state index in [1.54, 1.807) is 17.0 Å². The van der Waals surface area contributed by atoms with E-state index in [4.69, 9.17) is 9.47 Å². The molecule has 2 aromatic rings. The number of hydrogen-bond donors (Lipinski definition) is 1. The molecule has 3 aliphatic rings. The summed E-state index contributed by atoms with van der Waals surface area (Å²) in [6.07, 6.45) is -3.51. The number of fused-ring (bicyclic) bond motifs is 1. The quantitative estimate of drug-likeness (QED) is 0.735. The van der Waals surface area contributed by atoms with E-state index in [0.717, 1.165) is 5.56 Å². The van der Waals surface area contributed by atoms with Crippen molar-refractivity contribution in [2.75, 3.05) is 26.4 Å². The molecule has 1 aromatic carbocycles. The Morgan fingerprint density at radius 3 is 2.67 bits per heavy atom. The topological polar surface area (TPSA) is 107 Å². The standard InChI is InChI=1S/C21H21F3N4O5/c22-21(23,24)20-26-17(27-33-20)11-1-2-12-8-28(19(30)14(12)7-11)16-10-32-6-4-15(16)25-18(29)13-3-5-31-9-13/h1-2,7,13,15-16H,3-6,8-10H2,(H,25,29)/t13?,15-,16-/m1/s1. The Kier molecular flexibility index (Phi) is 5.57. The first-order valence-corrected chi connectivity index (χ1v) is 10.6. The third kappa shape index (κ3) is 4.20. The van der Waals surface area contributed by atoms with Gasteiger partial charge in [-0.1, -0.05) is 17.3 Å². The van der Waals surface area contributed by atoms with Crippen molar-refractivity contribution in [3.8, 4) is 11.4 Å². The van der Waals surface area contributed by atoms with Gasteiger partial charge in [0, 0.05) is 30.9 Å². The number of amides is 2. The predicted octanol–water partition coefficient (Wildman–Crippen LogP) is 2.02. The van der Waals surface area contributed by atoms with Crippen LogP contribution in [-0.2, 0) is 27.0 Å². The minimum Gasteiger partial charge on any atom is -0.381 e. The molecule has 0 saturated carbocycles. The second kappa shape index (κ2) is 8.41. The molecule has 0 radical (unpaired) electrons. The molecule has 9 nitrogen and oxygen atoms in total. The lowest BCUT2D eigenvalue weighted by molar-refractivity contribution is -0.159. The second-order valence-electron chi connectivity index (χ2n) is 8.33. The van der Waals surface area contributed by atoms with E-state index < -0.39 is 12.1 Å². The van der Waals surface area contributed by atoms with Crippen molar-refractivity contribution in [1.82, 2.24) is 20.4 Å². The molecule has 5 rings (SSSR count). The number of hydrogen-bond acceptors (Lipinski definition) is 7. The smallest absolute Gasteiger partial charge is 0.381 e. The van der Waals surface area contributed by atoms with Gasteiger partial charge in [0.05, 0.1) is 31.2 Å². The van der Waals surface area contributed by atoms with Gasteiger partial charge in [0.15, 0.2) is 0 Å². The first-order chi connectivity index (χ1) is 15.8. The summed E-state index contributed by atoms with van der Waals surface area (Å²) in [5.41, 5.74) is 1.32. The number of carbonyl (C=O) groups excluding carboxylic acids is 2. The van der Waals surface area contributed by atoms with E-state index in [1.807, 2.05) is 0 Å². The Bertz CT molecular complexity index is 1070. The first-order valence-electron chi connectivity index (χ1n) is 10.6. The maximum Gasteiger partial charge on any atom is 0.471 e. The second-order valence-corrected chi connectivity index (χ2v) is 8.33. The van der Waals surface area contributed by atoms with Crippen LogP contribution < -0.4 is 5.32 Å². The molecular formula is C21H21F3N4O5. The van der Waals surface area contributed by atoms with E-state index in [2.05, 4.69) is 20.0 Å². The largest absolute Gasteiger partial charge is 0.471 e. The van der Waals surface area contributed by atoms with Crippen molar-refractivity contribution in [3.63, 3.8) is 0 Å². The van der Waals surface area contributed by atoms with Crippen molar-refractivity contribution >= 4 is 11.8 Å². The minimum atomic E-state index is -4.75. The van der Waals surface area contributed by atoms with Gasteiger partial charge >= 0.3 is 12.1 Å². The third-order valence-electron chi connectivity index (χ3n) is 6.22. The van der Waals surface area contributed by atoms with Crippen LogP contribution in [0.5, 0.6) is 0 Å². The number of aromatic nitrogens is 2. The number of ether oxygens (including phenoxy) is 2. The number of rotatable bonds is 4. The van der Waals surface area contributed by atoms with Crippen molar-refractivity contribution in [2.45, 2.75) is 37.6 Å². The molecule has 2 saturated heterocycles. The Hall–Kier alpha value is -2.99. The van der Waals surface area contributed by atoms with Crippen LogP contribution in [0.1, 0.15) is 34.7 Å². The Morgan fingerprint density at radius 1 is 1.15 bits per heavy atom. The normalized spacial score (nSPS) is 25.4. The summed E-state index contributed by atoms with van der Waals surface area (Å²) in [6.45, 7) is 2.01. The number of benzene rings is 1. The third-order valence-corrected chi connectivity index (χ3v) is 6.22. The van der Waals surface area contributed by atoms with Gasteiger partial charge in [0.25, 0.3) is 5.91 Å². The molecule has 0 bridgehead atoms. The minimum absolute atomic E-state index is 0.0894. The molecule has 176 valence electrons. The molecule has 1 N–H and O–H groups in total. The highest BCUT2D eigenvalue weighted by molar-refractivity contribution is 5.99. The summed E-state index contributed by atoms with van der Waals surface area (Å²) in [6, 6.07) is 4.05. The number of nitrogens with one attached hydrogen (secondary N) is 1. The zero-order valence-electron chi connectivity index (χ0n) is 17.4. The summed E-state index contributed by atoms with van der Waals surface area (Å²) in [5, 5.41) is 6.44. The van der Waals surface area contributed by atoms with E-state index in [-0.39, 0.29) is 47.8 Å². The zero-order chi connectivity index (χ0) is 23.2. The Morgan fingerprint density at radius 2 is 1.94 bits per heavy atom. The number of nitrogens with zero attached hydrogens (tertiary/aromatic N) is 3. The van der Waals surface area contributed by atoms with Crippen molar-refractivity contribution in [1.29, 1.82) is 0 Å². The molecule has 0 aliphatic carbocycles. The van der Waals surface area contributed by atoms with Crippen LogP contribution in [0.3, 0.4) is 0 Å². The van der Waals surface area contributed by atoms with Crippen molar-refractivity contribution in [3.05, 3.63) is 35.2 Å². The van der Waals surface area contributed by atoms with Crippen LogP contribution in [-0.4, -0.2) is 65.4 Å². The molecule has 33 heavy (non-hydrogen) atoms. The summed E-state index contributed by atoms with van der Waals surface area (Å²) >= 11 is 0. The highest BCUT2D eigenvalue weighted by Gasteiger charge is 2.41. The average Bonchev–Trinajstić information content (AvgIpc) is 3.54. The molecule has 2 fully saturated rings. The Labute approximate surface area is 186 Å². The molecule has 0 spiro atoms. The molecule has 3 aliphatic heterocycles. The maximum absolute atomic E-state index is 13.2. The van der Waals surface area contributed by atoms with Crippen LogP contribution >= 0.6 is 0 Å². The number of halogens is 3. The fraction of sp³-hybridized carbons (Fsp3) is 0.524. The lowest BCUT2D eigenvalue weighted by Gasteiger charge is -2.38. The molecule has 3 atom stereocenters. The average molecular weight is 466 g/mol. The molecule has 2 amide bonds. The summed E-state index contributed by atoms with van der Waals surface area (Å²) in [5.74, 6) is -2.27. The van der Waals surface area contributed by atoms with Gasteiger partial charge in [0.1, 0.15) is 0 Å². The van der Waals surface area contributed by atoms with E-state index in [9.17, 15) is 22.8 Å². The van der Waals surface area contributed by atoms with Gasteiger partial charge in [-0.2, -0.15) is 18.2 Å². The molecule has 1 aromatic heterocycles. The van der Waals surface area contributed by atoms with E-state index in [1.165, 1.54) is 6.07 Å². The number of alkyl halides is 3. The van der Waals surface area contributed by atoms with Gasteiger partial charge in [-0.3, -0.25) is 9.59 Å². The van der Waals surface area contributed by atoms with Crippen LogP contribution in [0.4, 0.5) is 13.2 Å². The lowest BCUT2D eigenvalue weighted by Crippen LogP contribution is -2.57. The molecule has 4 heterocycles. The highest BCUT2D eigenvalue weighted by Crippen LogP contribution is 2.33. The fourth-order valence-electron chi connectivity index (χ4n) is 4.43. The first kappa shape index (κ1) is 21.8. The maximum atomic E-state index is 13.2. The molecule has 1 unspecified atom stereocenters. The van der Waals surface area contributed by atoms with Crippen LogP contribution in [0.15, 0.2) is 22.7 Å². The van der Waals surface area contributed by atoms with Crippen LogP contribution in [0.25, 0.3) is 11.4 Å². The van der Waals surface area contributed by atoms with Crippen LogP contribution in [0, 0.1) is 5.92 Å². The monoisotopic (exact) mass is 466 g/mol. The predicted molar refractivity (Wildman–Crippen MR) is 105 cm³/mol. The summed E-state index contributed by atoms with van der Waals surface area (Å²) in [4.78, 5) is 30.9. The van der Waals surface area contributed by atoms with Gasteiger partial charge < -0.3 is 24.2 Å². The SMILES string of the molecule is O=C(N[C@@H]1CCOC[C@H]1N1Cc2ccc(-c3noc(C(F)(F)F)n3)cc2C1=O)C1CCOC1. The van der Waals surface area contributed by atoms with Gasteiger partial charge in [-0.15, -0.1) is 0 Å².